The highest BCUT2D eigenvalue weighted by Gasteiger charge is 2.40. The number of likely N-dealkylation sites (tertiary alicyclic amines) is 2. The molecule has 204 valence electrons. The molecule has 2 saturated heterocycles. The first-order valence-electron chi connectivity index (χ1n) is 13.3. The highest BCUT2D eigenvalue weighted by molar-refractivity contribution is 7.18. The SMILES string of the molecule is C[C@H]1CC[C@H](c2ccc3sc([C@H]4CN(C)CC4(C)C)nc3c2)N(C(=O)C(=O)Nc2cnc3o[nH]c(=O)c3c2)C1. The quantitative estimate of drug-likeness (QED) is 0.369. The zero-order valence-corrected chi connectivity index (χ0v) is 23.3. The van der Waals surface area contributed by atoms with Gasteiger partial charge in [-0.15, -0.1) is 11.3 Å². The van der Waals surface area contributed by atoms with Crippen LogP contribution in [-0.4, -0.2) is 63.4 Å². The van der Waals surface area contributed by atoms with Crippen LogP contribution in [0.1, 0.15) is 56.1 Å². The van der Waals surface area contributed by atoms with E-state index in [-0.39, 0.29) is 34.2 Å². The van der Waals surface area contributed by atoms with E-state index in [0.717, 1.165) is 46.7 Å². The number of benzene rings is 1. The molecule has 0 unspecified atom stereocenters. The van der Waals surface area contributed by atoms with Crippen LogP contribution in [0.15, 0.2) is 39.8 Å². The molecule has 5 heterocycles. The molecule has 0 saturated carbocycles. The summed E-state index contributed by atoms with van der Waals surface area (Å²) in [5.74, 6) is -0.717. The summed E-state index contributed by atoms with van der Waals surface area (Å²) in [5.41, 5.74) is 2.03. The van der Waals surface area contributed by atoms with Gasteiger partial charge in [-0.05, 0) is 55.0 Å². The molecule has 2 fully saturated rings. The Balaban J connectivity index is 1.25. The lowest BCUT2D eigenvalue weighted by atomic mass is 9.82. The number of hydrogen-bond donors (Lipinski definition) is 2. The molecule has 11 heteroatoms. The number of anilines is 1. The third-order valence-corrected chi connectivity index (χ3v) is 9.24. The van der Waals surface area contributed by atoms with Gasteiger partial charge in [-0.25, -0.2) is 9.97 Å². The number of pyridine rings is 1. The van der Waals surface area contributed by atoms with Gasteiger partial charge in [0.05, 0.1) is 33.2 Å². The second-order valence-electron chi connectivity index (χ2n) is 11.7. The summed E-state index contributed by atoms with van der Waals surface area (Å²) < 4.78 is 6.09. The minimum absolute atomic E-state index is 0.137. The number of aromatic amines is 1. The number of nitrogens with zero attached hydrogens (tertiary/aromatic N) is 4. The normalized spacial score (nSPS) is 23.5. The number of likely N-dealkylation sites (N-methyl/N-ethyl adjacent to an activating group) is 1. The standard InChI is InChI=1S/C28H32N6O4S/c1-15-5-7-21(16-6-8-22-20(9-16)31-26(39-22)19-13-33(4)14-28(19,2)3)34(12-15)27(37)24(36)30-17-10-18-23(35)32-38-25(18)29-11-17/h6,8-11,15,19,21H,5,7,12-14H2,1-4H3,(H,30,36)(H,32,35)/t15-,19+,21+/m0/s1. The van der Waals surface area contributed by atoms with Gasteiger partial charge in [0, 0.05) is 25.6 Å². The van der Waals surface area contributed by atoms with Crippen LogP contribution in [0.4, 0.5) is 5.69 Å². The van der Waals surface area contributed by atoms with Crippen LogP contribution >= 0.6 is 11.3 Å². The summed E-state index contributed by atoms with van der Waals surface area (Å²) in [4.78, 5) is 51.5. The molecule has 3 aromatic heterocycles. The first-order chi connectivity index (χ1) is 18.6. The molecular formula is C28H32N6O4S. The highest BCUT2D eigenvalue weighted by Crippen LogP contribution is 2.44. The number of nitrogens with one attached hydrogen (secondary N) is 2. The number of hydrogen-bond acceptors (Lipinski definition) is 8. The molecule has 0 radical (unpaired) electrons. The van der Waals surface area contributed by atoms with Crippen molar-refractivity contribution >= 4 is 50.2 Å². The van der Waals surface area contributed by atoms with E-state index in [0.29, 0.717) is 12.5 Å². The minimum Gasteiger partial charge on any atom is -0.358 e. The number of thiazole rings is 1. The number of piperidine rings is 1. The molecule has 4 aromatic rings. The number of carbonyl (C=O) groups excluding carboxylic acids is 2. The van der Waals surface area contributed by atoms with E-state index in [2.05, 4.69) is 66.4 Å². The van der Waals surface area contributed by atoms with E-state index in [1.54, 1.807) is 16.2 Å². The van der Waals surface area contributed by atoms with Crippen LogP contribution in [-0.2, 0) is 9.59 Å². The molecule has 39 heavy (non-hydrogen) atoms. The van der Waals surface area contributed by atoms with Crippen molar-refractivity contribution in [3.05, 3.63) is 51.4 Å². The summed E-state index contributed by atoms with van der Waals surface area (Å²) in [6.45, 7) is 9.22. The summed E-state index contributed by atoms with van der Waals surface area (Å²) in [6.07, 6.45) is 3.08. The number of fused-ring (bicyclic) bond motifs is 2. The maximum atomic E-state index is 13.4. The molecule has 2 aliphatic rings. The van der Waals surface area contributed by atoms with Gasteiger partial charge in [-0.2, -0.15) is 5.16 Å². The predicted molar refractivity (Wildman–Crippen MR) is 150 cm³/mol. The van der Waals surface area contributed by atoms with Gasteiger partial charge in [0.15, 0.2) is 0 Å². The van der Waals surface area contributed by atoms with E-state index in [9.17, 15) is 14.4 Å². The number of rotatable bonds is 3. The maximum Gasteiger partial charge on any atom is 0.313 e. The van der Waals surface area contributed by atoms with Crippen molar-refractivity contribution in [3.63, 3.8) is 0 Å². The average molecular weight is 549 g/mol. The van der Waals surface area contributed by atoms with Crippen molar-refractivity contribution < 1.29 is 14.1 Å². The number of aromatic nitrogens is 3. The fourth-order valence-electron chi connectivity index (χ4n) is 6.11. The number of amides is 2. The third kappa shape index (κ3) is 4.74. The summed E-state index contributed by atoms with van der Waals surface area (Å²) >= 11 is 1.75. The summed E-state index contributed by atoms with van der Waals surface area (Å²) in [5, 5.41) is 6.18. The molecule has 2 aliphatic heterocycles. The highest BCUT2D eigenvalue weighted by atomic mass is 32.1. The van der Waals surface area contributed by atoms with Crippen LogP contribution in [0.5, 0.6) is 0 Å². The smallest absolute Gasteiger partial charge is 0.313 e. The van der Waals surface area contributed by atoms with Crippen molar-refractivity contribution in [2.75, 3.05) is 32.0 Å². The van der Waals surface area contributed by atoms with Gasteiger partial charge >= 0.3 is 11.8 Å². The lowest BCUT2D eigenvalue weighted by Crippen LogP contribution is -2.46. The van der Waals surface area contributed by atoms with Crippen LogP contribution in [0.3, 0.4) is 0 Å². The van der Waals surface area contributed by atoms with E-state index in [1.807, 2.05) is 0 Å². The van der Waals surface area contributed by atoms with Crippen LogP contribution < -0.4 is 10.9 Å². The van der Waals surface area contributed by atoms with E-state index in [1.165, 1.54) is 12.3 Å². The Morgan fingerprint density at radius 1 is 1.21 bits per heavy atom. The van der Waals surface area contributed by atoms with Gasteiger partial charge in [-0.3, -0.25) is 14.4 Å². The van der Waals surface area contributed by atoms with Crippen molar-refractivity contribution in [2.45, 2.75) is 45.6 Å². The van der Waals surface area contributed by atoms with Crippen LogP contribution in [0, 0.1) is 11.3 Å². The van der Waals surface area contributed by atoms with Gasteiger partial charge < -0.3 is 19.6 Å². The fourth-order valence-corrected chi connectivity index (χ4v) is 7.36. The lowest BCUT2D eigenvalue weighted by molar-refractivity contribution is -0.146. The molecule has 10 nitrogen and oxygen atoms in total. The Morgan fingerprint density at radius 3 is 2.79 bits per heavy atom. The van der Waals surface area contributed by atoms with Crippen LogP contribution in [0.2, 0.25) is 0 Å². The Kier molecular flexibility index (Phi) is 6.30. The zero-order chi connectivity index (χ0) is 27.5. The topological polar surface area (TPSA) is 124 Å². The minimum atomic E-state index is -0.764. The second kappa shape index (κ2) is 9.56. The second-order valence-corrected chi connectivity index (χ2v) is 12.8. The van der Waals surface area contributed by atoms with Gasteiger partial charge in [-0.1, -0.05) is 26.8 Å². The molecule has 6 rings (SSSR count). The molecule has 1 aromatic carbocycles. The Morgan fingerprint density at radius 2 is 2.03 bits per heavy atom. The average Bonchev–Trinajstić information content (AvgIpc) is 3.56. The molecule has 2 N–H and O–H groups in total. The van der Waals surface area contributed by atoms with Crippen molar-refractivity contribution in [1.29, 1.82) is 0 Å². The largest absolute Gasteiger partial charge is 0.358 e. The first kappa shape index (κ1) is 25.7. The number of carbonyl (C=O) groups is 2. The molecule has 0 spiro atoms. The first-order valence-corrected chi connectivity index (χ1v) is 14.1. The maximum absolute atomic E-state index is 13.4. The van der Waals surface area contributed by atoms with Crippen LogP contribution in [0.25, 0.3) is 21.3 Å². The van der Waals surface area contributed by atoms with Crippen molar-refractivity contribution in [1.82, 2.24) is 24.9 Å². The monoisotopic (exact) mass is 548 g/mol. The molecule has 2 amide bonds. The van der Waals surface area contributed by atoms with E-state index >= 15 is 0 Å². The molecule has 0 aliphatic carbocycles. The van der Waals surface area contributed by atoms with E-state index in [4.69, 9.17) is 9.51 Å². The Labute approximate surface area is 229 Å². The summed E-state index contributed by atoms with van der Waals surface area (Å²) in [7, 11) is 2.16. The molecule has 0 bridgehead atoms. The zero-order valence-electron chi connectivity index (χ0n) is 22.5. The molecule has 3 atom stereocenters. The van der Waals surface area contributed by atoms with E-state index < -0.39 is 17.4 Å². The third-order valence-electron chi connectivity index (χ3n) is 8.09. The Bertz CT molecular complexity index is 1640. The lowest BCUT2D eigenvalue weighted by Gasteiger charge is -2.38. The van der Waals surface area contributed by atoms with Crippen molar-refractivity contribution in [3.8, 4) is 0 Å². The molecular weight excluding hydrogens is 516 g/mol. The predicted octanol–water partition coefficient (Wildman–Crippen LogP) is 4.12. The number of H-pyrrole nitrogens is 1. The fraction of sp³-hybridized carbons (Fsp3) is 0.464. The van der Waals surface area contributed by atoms with Gasteiger partial charge in [0.25, 0.3) is 11.3 Å². The van der Waals surface area contributed by atoms with Gasteiger partial charge in [0.2, 0.25) is 0 Å². The Hall–Kier alpha value is -3.57. The van der Waals surface area contributed by atoms with Crippen molar-refractivity contribution in [2.24, 2.45) is 11.3 Å². The summed E-state index contributed by atoms with van der Waals surface area (Å²) in [6, 6.07) is 7.48. The van der Waals surface area contributed by atoms with Gasteiger partial charge in [0.1, 0.15) is 5.39 Å².